The van der Waals surface area contributed by atoms with Crippen molar-refractivity contribution >= 4 is 17.9 Å². The van der Waals surface area contributed by atoms with Crippen LogP contribution < -0.4 is 0 Å². The number of carbonyl (C=O) groups excluding carboxylic acids is 3. The smallest absolute Gasteiger partial charge is 0.306 e. The molecule has 0 spiro atoms. The Morgan fingerprint density at radius 1 is 0.396 bits per heavy atom. The largest absolute Gasteiger partial charge is 0.462 e. The second-order valence-electron chi connectivity index (χ2n) is 13.9. The highest BCUT2D eigenvalue weighted by molar-refractivity contribution is 5.71. The molecule has 0 aromatic heterocycles. The molecule has 0 aliphatic rings. The van der Waals surface area contributed by atoms with Gasteiger partial charge in [0.15, 0.2) is 6.10 Å². The third-order valence-electron chi connectivity index (χ3n) is 8.70. The van der Waals surface area contributed by atoms with Crippen molar-refractivity contribution in [2.45, 2.75) is 194 Å². The fourth-order valence-corrected chi connectivity index (χ4v) is 5.46. The minimum absolute atomic E-state index is 0.0964. The molecule has 0 N–H and O–H groups in total. The summed E-state index contributed by atoms with van der Waals surface area (Å²) in [4.78, 5) is 37.4. The molecule has 53 heavy (non-hydrogen) atoms. The Morgan fingerprint density at radius 2 is 0.736 bits per heavy atom. The van der Waals surface area contributed by atoms with E-state index in [9.17, 15) is 14.4 Å². The number of esters is 3. The molecule has 0 aromatic rings. The molecule has 0 saturated heterocycles. The maximum atomic E-state index is 12.6. The van der Waals surface area contributed by atoms with Gasteiger partial charge in [-0.25, -0.2) is 0 Å². The summed E-state index contributed by atoms with van der Waals surface area (Å²) in [7, 11) is 0. The molecule has 0 rings (SSSR count). The second-order valence-corrected chi connectivity index (χ2v) is 13.9. The van der Waals surface area contributed by atoms with E-state index in [0.29, 0.717) is 19.3 Å². The molecule has 0 bridgehead atoms. The Kier molecular flexibility index (Phi) is 39.1. The third-order valence-corrected chi connectivity index (χ3v) is 8.70. The van der Waals surface area contributed by atoms with Crippen LogP contribution in [-0.2, 0) is 28.6 Å². The van der Waals surface area contributed by atoms with Crippen LogP contribution in [0.25, 0.3) is 0 Å². The van der Waals surface area contributed by atoms with Gasteiger partial charge >= 0.3 is 17.9 Å². The van der Waals surface area contributed by atoms with Gasteiger partial charge in [-0.1, -0.05) is 151 Å². The predicted molar refractivity (Wildman–Crippen MR) is 224 cm³/mol. The van der Waals surface area contributed by atoms with E-state index in [-0.39, 0.29) is 31.1 Å². The first-order chi connectivity index (χ1) is 26.0. The number of ether oxygens (including phenoxy) is 3. The molecule has 302 valence electrons. The maximum absolute atomic E-state index is 12.6. The average molecular weight is 739 g/mol. The standard InChI is InChI=1S/C47H78O6/c1-4-7-10-13-15-17-19-21-23-25-27-29-31-34-37-40-46(49)52-43-44(42-51-45(48)39-36-33-12-9-6-3)53-47(50)41-38-35-32-30-28-26-24-22-20-18-16-14-11-8-5-2/h7,10,15-18,21-24,27,29,44H,4-6,8-9,11-14,19-20,25-26,28,30-43H2,1-3H3/b10-7-,17-15-,18-16-,23-21-,24-22-,29-27-. The summed E-state index contributed by atoms with van der Waals surface area (Å²) in [5.74, 6) is -0.976. The second kappa shape index (κ2) is 41.6. The monoisotopic (exact) mass is 739 g/mol. The van der Waals surface area contributed by atoms with Crippen LogP contribution in [0.4, 0.5) is 0 Å². The highest BCUT2D eigenvalue weighted by Gasteiger charge is 2.19. The van der Waals surface area contributed by atoms with Crippen molar-refractivity contribution in [3.8, 4) is 0 Å². The van der Waals surface area contributed by atoms with E-state index < -0.39 is 6.10 Å². The zero-order valence-electron chi connectivity index (χ0n) is 34.3. The first kappa shape index (κ1) is 49.9. The van der Waals surface area contributed by atoms with Gasteiger partial charge in [-0.3, -0.25) is 14.4 Å². The van der Waals surface area contributed by atoms with Crippen molar-refractivity contribution < 1.29 is 28.6 Å². The number of allylic oxidation sites excluding steroid dienone is 12. The first-order valence-corrected chi connectivity index (χ1v) is 21.4. The molecule has 0 fully saturated rings. The minimum atomic E-state index is -0.794. The summed E-state index contributed by atoms with van der Waals surface area (Å²) in [6.07, 6.45) is 50.6. The number of rotatable bonds is 37. The molecule has 1 atom stereocenters. The lowest BCUT2D eigenvalue weighted by atomic mass is 10.1. The number of hydrogen-bond donors (Lipinski definition) is 0. The number of unbranched alkanes of at least 4 members (excludes halogenated alkanes) is 14. The van der Waals surface area contributed by atoms with Crippen molar-refractivity contribution in [1.29, 1.82) is 0 Å². The number of carbonyl (C=O) groups is 3. The van der Waals surface area contributed by atoms with E-state index in [4.69, 9.17) is 14.2 Å². The third kappa shape index (κ3) is 39.9. The van der Waals surface area contributed by atoms with Crippen LogP contribution in [0.15, 0.2) is 72.9 Å². The van der Waals surface area contributed by atoms with Crippen molar-refractivity contribution in [3.63, 3.8) is 0 Å². The van der Waals surface area contributed by atoms with Crippen LogP contribution in [-0.4, -0.2) is 37.2 Å². The van der Waals surface area contributed by atoms with Crippen LogP contribution in [0.5, 0.6) is 0 Å². The van der Waals surface area contributed by atoms with Gasteiger partial charge in [-0.05, 0) is 89.9 Å². The van der Waals surface area contributed by atoms with Gasteiger partial charge in [-0.15, -0.1) is 0 Å². The normalized spacial score (nSPS) is 12.7. The Morgan fingerprint density at radius 3 is 1.23 bits per heavy atom. The van der Waals surface area contributed by atoms with E-state index in [2.05, 4.69) is 93.7 Å². The van der Waals surface area contributed by atoms with E-state index in [1.54, 1.807) is 0 Å². The van der Waals surface area contributed by atoms with Gasteiger partial charge in [-0.2, -0.15) is 0 Å². The molecule has 0 aliphatic carbocycles. The van der Waals surface area contributed by atoms with Crippen LogP contribution in [0.2, 0.25) is 0 Å². The fraction of sp³-hybridized carbons (Fsp3) is 0.681. The zero-order valence-corrected chi connectivity index (χ0v) is 34.3. The summed E-state index contributed by atoms with van der Waals surface area (Å²) in [6.45, 7) is 6.33. The van der Waals surface area contributed by atoms with Crippen molar-refractivity contribution in [1.82, 2.24) is 0 Å². The van der Waals surface area contributed by atoms with Crippen LogP contribution in [0.1, 0.15) is 188 Å². The Labute approximate surface area is 325 Å². The molecule has 0 amide bonds. The average Bonchev–Trinajstić information content (AvgIpc) is 3.15. The minimum Gasteiger partial charge on any atom is -0.462 e. The SMILES string of the molecule is CC/C=C\C/C=C\C/C=C\C/C=C\CCCCC(=O)OCC(COC(=O)CCCCCCC)OC(=O)CCCCCCC/C=C\C/C=C\CCCCC. The molecule has 6 heteroatoms. The van der Waals surface area contributed by atoms with Crippen LogP contribution >= 0.6 is 0 Å². The van der Waals surface area contributed by atoms with Crippen LogP contribution in [0.3, 0.4) is 0 Å². The molecule has 0 aliphatic heterocycles. The van der Waals surface area contributed by atoms with E-state index >= 15 is 0 Å². The first-order valence-electron chi connectivity index (χ1n) is 21.4. The van der Waals surface area contributed by atoms with Crippen molar-refractivity contribution in [2.24, 2.45) is 0 Å². The molecule has 0 saturated carbocycles. The lowest BCUT2D eigenvalue weighted by Gasteiger charge is -2.18. The molecule has 0 aromatic carbocycles. The summed E-state index contributed by atoms with van der Waals surface area (Å²) in [6, 6.07) is 0. The van der Waals surface area contributed by atoms with Crippen LogP contribution in [0, 0.1) is 0 Å². The van der Waals surface area contributed by atoms with Gasteiger partial charge in [0.1, 0.15) is 13.2 Å². The van der Waals surface area contributed by atoms with E-state index in [1.165, 1.54) is 25.7 Å². The van der Waals surface area contributed by atoms with Crippen molar-refractivity contribution in [3.05, 3.63) is 72.9 Å². The Hall–Kier alpha value is -3.15. The zero-order chi connectivity index (χ0) is 38.7. The van der Waals surface area contributed by atoms with E-state index in [1.807, 2.05) is 0 Å². The molecular formula is C47H78O6. The topological polar surface area (TPSA) is 78.9 Å². The van der Waals surface area contributed by atoms with Gasteiger partial charge < -0.3 is 14.2 Å². The summed E-state index contributed by atoms with van der Waals surface area (Å²) >= 11 is 0. The molecule has 6 nitrogen and oxygen atoms in total. The van der Waals surface area contributed by atoms with Gasteiger partial charge in [0, 0.05) is 19.3 Å². The maximum Gasteiger partial charge on any atom is 0.306 e. The highest BCUT2D eigenvalue weighted by Crippen LogP contribution is 2.12. The lowest BCUT2D eigenvalue weighted by molar-refractivity contribution is -0.167. The Balaban J connectivity index is 4.37. The van der Waals surface area contributed by atoms with Gasteiger partial charge in [0.25, 0.3) is 0 Å². The van der Waals surface area contributed by atoms with Gasteiger partial charge in [0.05, 0.1) is 0 Å². The predicted octanol–water partition coefficient (Wildman–Crippen LogP) is 13.5. The molecule has 0 radical (unpaired) electrons. The number of hydrogen-bond acceptors (Lipinski definition) is 6. The molecular weight excluding hydrogens is 661 g/mol. The summed E-state index contributed by atoms with van der Waals surface area (Å²) in [5.41, 5.74) is 0. The lowest BCUT2D eigenvalue weighted by Crippen LogP contribution is -2.30. The summed E-state index contributed by atoms with van der Waals surface area (Å²) < 4.78 is 16.5. The Bertz CT molecular complexity index is 1030. The van der Waals surface area contributed by atoms with Crippen molar-refractivity contribution in [2.75, 3.05) is 13.2 Å². The van der Waals surface area contributed by atoms with Gasteiger partial charge in [0.2, 0.25) is 0 Å². The quantitative estimate of drug-likeness (QED) is 0.0273. The van der Waals surface area contributed by atoms with E-state index in [0.717, 1.165) is 122 Å². The molecule has 0 heterocycles. The summed E-state index contributed by atoms with van der Waals surface area (Å²) in [5, 5.41) is 0. The highest BCUT2D eigenvalue weighted by atomic mass is 16.6. The molecule has 1 unspecified atom stereocenters. The fourth-order valence-electron chi connectivity index (χ4n) is 5.46.